The van der Waals surface area contributed by atoms with Crippen molar-refractivity contribution >= 4 is 33.8 Å². The first-order valence-corrected chi connectivity index (χ1v) is 14.7. The molecule has 8 nitrogen and oxygen atoms in total. The lowest BCUT2D eigenvalue weighted by Crippen LogP contribution is -2.73. The van der Waals surface area contributed by atoms with Crippen LogP contribution in [0, 0.1) is 5.41 Å². The highest BCUT2D eigenvalue weighted by atomic mass is 79.9. The zero-order chi connectivity index (χ0) is 28.2. The van der Waals surface area contributed by atoms with Gasteiger partial charge in [0.05, 0.1) is 6.04 Å². The zero-order valence-electron chi connectivity index (χ0n) is 23.3. The van der Waals surface area contributed by atoms with Gasteiger partial charge in [-0.25, -0.2) is 9.69 Å². The molecule has 2 aliphatic heterocycles. The Bertz CT molecular complexity index is 1160. The molecule has 0 saturated carbocycles. The fraction of sp³-hybridized carbons (Fsp3) is 0.500. The Hall–Kier alpha value is -2.91. The second-order valence-corrected chi connectivity index (χ2v) is 11.4. The van der Waals surface area contributed by atoms with E-state index in [1.165, 1.54) is 4.90 Å². The number of piperazine rings is 1. The van der Waals surface area contributed by atoms with E-state index in [2.05, 4.69) is 40.1 Å². The highest BCUT2D eigenvalue weighted by Crippen LogP contribution is 2.46. The standard InChI is InChI=1S/C30H39BrN4O4/c1-5-8-25(21-9-13-23(31)14-10-21)32-29(38)35-27(37)30(6-2,7-3)28(35)39-24-15-11-22(12-16-24)26(36)34-19-17-33(4)18-20-34/h9-16,25,28H,5-8,17-20H2,1-4H3,(H,32,38)/t25-,28?/m1/s1. The first-order valence-electron chi connectivity index (χ1n) is 13.9. The Labute approximate surface area is 239 Å². The van der Waals surface area contributed by atoms with Crippen molar-refractivity contribution in [3.8, 4) is 5.75 Å². The van der Waals surface area contributed by atoms with E-state index in [-0.39, 0.29) is 17.9 Å². The topological polar surface area (TPSA) is 82.2 Å². The van der Waals surface area contributed by atoms with Crippen LogP contribution in [0.5, 0.6) is 5.75 Å². The number of likely N-dealkylation sites (tertiary alicyclic amines) is 1. The molecule has 9 heteroatoms. The minimum Gasteiger partial charge on any atom is -0.469 e. The van der Waals surface area contributed by atoms with Crippen LogP contribution < -0.4 is 10.1 Å². The second kappa shape index (κ2) is 12.5. The number of nitrogens with one attached hydrogen (secondary N) is 1. The van der Waals surface area contributed by atoms with Gasteiger partial charge in [0, 0.05) is 36.2 Å². The number of amides is 4. The van der Waals surface area contributed by atoms with Crippen LogP contribution in [0.25, 0.3) is 0 Å². The molecule has 4 rings (SSSR count). The van der Waals surface area contributed by atoms with Crippen molar-refractivity contribution < 1.29 is 19.1 Å². The van der Waals surface area contributed by atoms with E-state index in [9.17, 15) is 14.4 Å². The number of likely N-dealkylation sites (N-methyl/N-ethyl adjacent to an activating group) is 1. The van der Waals surface area contributed by atoms with Crippen LogP contribution in [0.1, 0.15) is 68.4 Å². The van der Waals surface area contributed by atoms with Gasteiger partial charge in [-0.3, -0.25) is 9.59 Å². The maximum Gasteiger partial charge on any atom is 0.327 e. The second-order valence-electron chi connectivity index (χ2n) is 10.5. The summed E-state index contributed by atoms with van der Waals surface area (Å²) in [5.41, 5.74) is 0.806. The Kier molecular flexibility index (Phi) is 9.33. The molecule has 2 aromatic carbocycles. The van der Waals surface area contributed by atoms with Gasteiger partial charge in [0.1, 0.15) is 11.2 Å². The third-order valence-corrected chi connectivity index (χ3v) is 8.65. The van der Waals surface area contributed by atoms with Gasteiger partial charge in [-0.1, -0.05) is 55.3 Å². The zero-order valence-corrected chi connectivity index (χ0v) is 24.9. The van der Waals surface area contributed by atoms with Crippen LogP contribution >= 0.6 is 15.9 Å². The molecule has 1 unspecified atom stereocenters. The van der Waals surface area contributed by atoms with Crippen LogP contribution in [-0.4, -0.2) is 72.0 Å². The molecule has 2 atom stereocenters. The van der Waals surface area contributed by atoms with E-state index >= 15 is 0 Å². The molecular formula is C30H39BrN4O4. The molecule has 210 valence electrons. The number of urea groups is 1. The molecule has 4 amide bonds. The average Bonchev–Trinajstić information content (AvgIpc) is 2.94. The Morgan fingerprint density at radius 3 is 2.18 bits per heavy atom. The van der Waals surface area contributed by atoms with Gasteiger partial charge in [0.15, 0.2) is 6.23 Å². The number of hydrogen-bond donors (Lipinski definition) is 1. The molecular weight excluding hydrogens is 560 g/mol. The molecule has 39 heavy (non-hydrogen) atoms. The summed E-state index contributed by atoms with van der Waals surface area (Å²) >= 11 is 3.46. The van der Waals surface area contributed by atoms with E-state index < -0.39 is 17.7 Å². The van der Waals surface area contributed by atoms with Crippen LogP contribution in [0.3, 0.4) is 0 Å². The minimum absolute atomic E-state index is 0.000784. The summed E-state index contributed by atoms with van der Waals surface area (Å²) in [6.07, 6.45) is 2.01. The van der Waals surface area contributed by atoms with Crippen molar-refractivity contribution in [1.82, 2.24) is 20.0 Å². The van der Waals surface area contributed by atoms with Crippen LogP contribution in [0.2, 0.25) is 0 Å². The average molecular weight is 600 g/mol. The largest absolute Gasteiger partial charge is 0.469 e. The monoisotopic (exact) mass is 598 g/mol. The molecule has 2 heterocycles. The first kappa shape index (κ1) is 29.1. The molecule has 2 fully saturated rings. The Morgan fingerprint density at radius 2 is 1.62 bits per heavy atom. The third-order valence-electron chi connectivity index (χ3n) is 8.12. The summed E-state index contributed by atoms with van der Waals surface area (Å²) in [6, 6.07) is 14.2. The normalized spacial score (nSPS) is 19.8. The van der Waals surface area contributed by atoms with E-state index in [4.69, 9.17) is 4.74 Å². The number of carbonyl (C=O) groups excluding carboxylic acids is 3. The lowest BCUT2D eigenvalue weighted by Gasteiger charge is -2.53. The summed E-state index contributed by atoms with van der Waals surface area (Å²) in [5, 5.41) is 3.07. The predicted octanol–water partition coefficient (Wildman–Crippen LogP) is 5.44. The van der Waals surface area contributed by atoms with Gasteiger partial charge < -0.3 is 19.9 Å². The number of carbonyl (C=O) groups is 3. The SMILES string of the molecule is CCC[C@@H](NC(=O)N1C(=O)C(CC)(CC)C1Oc1ccc(C(=O)N2CCN(C)CC2)cc1)c1ccc(Br)cc1. The number of halogens is 1. The highest BCUT2D eigenvalue weighted by molar-refractivity contribution is 9.10. The highest BCUT2D eigenvalue weighted by Gasteiger charge is 2.63. The smallest absolute Gasteiger partial charge is 0.327 e. The maximum absolute atomic E-state index is 13.5. The van der Waals surface area contributed by atoms with Crippen LogP contribution in [0.15, 0.2) is 53.0 Å². The number of hydrogen-bond acceptors (Lipinski definition) is 5. The summed E-state index contributed by atoms with van der Waals surface area (Å²) in [4.78, 5) is 45.1. The fourth-order valence-corrected chi connectivity index (χ4v) is 5.68. The molecule has 2 aromatic rings. The van der Waals surface area contributed by atoms with Crippen LogP contribution in [-0.2, 0) is 4.79 Å². The van der Waals surface area contributed by atoms with E-state index in [0.717, 1.165) is 36.0 Å². The number of benzene rings is 2. The number of nitrogens with zero attached hydrogens (tertiary/aromatic N) is 3. The lowest BCUT2D eigenvalue weighted by molar-refractivity contribution is -0.191. The minimum atomic E-state index is -0.774. The Balaban J connectivity index is 1.49. The molecule has 0 aliphatic carbocycles. The van der Waals surface area contributed by atoms with Gasteiger partial charge in [-0.15, -0.1) is 0 Å². The van der Waals surface area contributed by atoms with Gasteiger partial charge in [-0.05, 0) is 68.3 Å². The number of rotatable bonds is 9. The summed E-state index contributed by atoms with van der Waals surface area (Å²) in [7, 11) is 2.06. The molecule has 0 aromatic heterocycles. The third kappa shape index (κ3) is 5.99. The lowest BCUT2D eigenvalue weighted by atomic mass is 9.72. The molecule has 0 spiro atoms. The van der Waals surface area contributed by atoms with Gasteiger partial charge in [0.2, 0.25) is 5.91 Å². The first-order chi connectivity index (χ1) is 18.7. The number of ether oxygens (including phenoxy) is 1. The Morgan fingerprint density at radius 1 is 1.00 bits per heavy atom. The van der Waals surface area contributed by atoms with Crippen molar-refractivity contribution in [1.29, 1.82) is 0 Å². The van der Waals surface area contributed by atoms with Crippen molar-refractivity contribution in [3.63, 3.8) is 0 Å². The quantitative estimate of drug-likeness (QED) is 0.389. The number of β-lactam (4-membered cyclic amide) rings is 1. The molecule has 2 aliphatic rings. The molecule has 2 saturated heterocycles. The molecule has 1 N–H and O–H groups in total. The molecule has 0 bridgehead atoms. The summed E-state index contributed by atoms with van der Waals surface area (Å²) < 4.78 is 7.28. The summed E-state index contributed by atoms with van der Waals surface area (Å²) in [6.45, 7) is 9.09. The predicted molar refractivity (Wildman–Crippen MR) is 154 cm³/mol. The van der Waals surface area contributed by atoms with E-state index in [1.807, 2.05) is 43.0 Å². The van der Waals surface area contributed by atoms with Gasteiger partial charge >= 0.3 is 6.03 Å². The van der Waals surface area contributed by atoms with Crippen molar-refractivity contribution in [3.05, 3.63) is 64.1 Å². The number of imide groups is 1. The van der Waals surface area contributed by atoms with Gasteiger partial charge in [0.25, 0.3) is 5.91 Å². The molecule has 0 radical (unpaired) electrons. The van der Waals surface area contributed by atoms with E-state index in [1.54, 1.807) is 24.3 Å². The maximum atomic E-state index is 13.5. The van der Waals surface area contributed by atoms with Gasteiger partial charge in [-0.2, -0.15) is 0 Å². The fourth-order valence-electron chi connectivity index (χ4n) is 5.42. The van der Waals surface area contributed by atoms with Crippen LogP contribution in [0.4, 0.5) is 4.79 Å². The summed E-state index contributed by atoms with van der Waals surface area (Å²) in [5.74, 6) is 0.299. The van der Waals surface area contributed by atoms with Crippen molar-refractivity contribution in [2.45, 2.75) is 58.7 Å². The van der Waals surface area contributed by atoms with E-state index in [0.29, 0.717) is 37.2 Å². The van der Waals surface area contributed by atoms with Crippen molar-refractivity contribution in [2.75, 3.05) is 33.2 Å². The van der Waals surface area contributed by atoms with Crippen molar-refractivity contribution in [2.24, 2.45) is 5.41 Å².